The van der Waals surface area contributed by atoms with Gasteiger partial charge in [-0.05, 0) is 25.0 Å². The fraction of sp³-hybridized carbons (Fsp3) is 0.636. The van der Waals surface area contributed by atoms with Crippen LogP contribution in [0.1, 0.15) is 37.3 Å². The van der Waals surface area contributed by atoms with Crippen LogP contribution < -0.4 is 5.73 Å². The first-order valence-electron chi connectivity index (χ1n) is 5.44. The maximum absolute atomic E-state index is 10.9. The molecule has 16 heavy (non-hydrogen) atoms. The van der Waals surface area contributed by atoms with E-state index in [1.54, 1.807) is 0 Å². The van der Waals surface area contributed by atoms with Crippen molar-refractivity contribution in [2.24, 2.45) is 5.73 Å². The van der Waals surface area contributed by atoms with E-state index in [4.69, 9.17) is 10.2 Å². The van der Waals surface area contributed by atoms with Crippen molar-refractivity contribution in [3.63, 3.8) is 0 Å². The minimum atomic E-state index is -2.89. The summed E-state index contributed by atoms with van der Waals surface area (Å²) >= 11 is 0. The Bertz CT molecular complexity index is 422. The molecule has 0 aliphatic carbocycles. The van der Waals surface area contributed by atoms with E-state index in [-0.39, 0.29) is 11.8 Å². The molecule has 0 amide bonds. The van der Waals surface area contributed by atoms with E-state index in [2.05, 4.69) is 0 Å². The van der Waals surface area contributed by atoms with Gasteiger partial charge >= 0.3 is 0 Å². The van der Waals surface area contributed by atoms with Crippen molar-refractivity contribution >= 4 is 9.84 Å². The summed E-state index contributed by atoms with van der Waals surface area (Å²) in [6.45, 7) is 2.01. The highest BCUT2D eigenvalue weighted by Gasteiger charge is 2.11. The zero-order chi connectivity index (χ0) is 12.2. The van der Waals surface area contributed by atoms with Crippen LogP contribution in [0.5, 0.6) is 0 Å². The maximum atomic E-state index is 10.9. The van der Waals surface area contributed by atoms with Gasteiger partial charge in [0.15, 0.2) is 0 Å². The zero-order valence-corrected chi connectivity index (χ0v) is 10.6. The van der Waals surface area contributed by atoms with E-state index in [1.165, 1.54) is 6.26 Å². The van der Waals surface area contributed by atoms with Crippen LogP contribution in [0.3, 0.4) is 0 Å². The lowest BCUT2D eigenvalue weighted by atomic mass is 10.1. The quantitative estimate of drug-likeness (QED) is 0.827. The van der Waals surface area contributed by atoms with Crippen LogP contribution in [-0.2, 0) is 16.3 Å². The molecular formula is C11H19NO3S. The van der Waals surface area contributed by atoms with Gasteiger partial charge in [-0.2, -0.15) is 0 Å². The number of aryl methyl sites for hydroxylation is 1. The van der Waals surface area contributed by atoms with E-state index in [0.717, 1.165) is 17.9 Å². The van der Waals surface area contributed by atoms with Crippen molar-refractivity contribution in [3.05, 3.63) is 23.7 Å². The Morgan fingerprint density at radius 1 is 1.44 bits per heavy atom. The average Bonchev–Trinajstić information content (AvgIpc) is 2.63. The highest BCUT2D eigenvalue weighted by molar-refractivity contribution is 7.90. The zero-order valence-electron chi connectivity index (χ0n) is 9.77. The van der Waals surface area contributed by atoms with Gasteiger partial charge in [0.1, 0.15) is 21.4 Å². The highest BCUT2D eigenvalue weighted by Crippen LogP contribution is 2.19. The summed E-state index contributed by atoms with van der Waals surface area (Å²) in [5, 5.41) is 0. The molecule has 0 aliphatic heterocycles. The van der Waals surface area contributed by atoms with Crippen LogP contribution in [0.4, 0.5) is 0 Å². The fourth-order valence-corrected chi connectivity index (χ4v) is 2.18. The van der Waals surface area contributed by atoms with Crippen molar-refractivity contribution < 1.29 is 12.8 Å². The molecule has 0 fully saturated rings. The molecule has 1 aromatic rings. The van der Waals surface area contributed by atoms with Crippen LogP contribution >= 0.6 is 0 Å². The molecule has 1 aromatic heterocycles. The second-order valence-corrected chi connectivity index (χ2v) is 6.30. The van der Waals surface area contributed by atoms with Gasteiger partial charge in [-0.1, -0.05) is 6.92 Å². The Morgan fingerprint density at radius 2 is 2.12 bits per heavy atom. The summed E-state index contributed by atoms with van der Waals surface area (Å²) in [6.07, 6.45) is 3.28. The minimum absolute atomic E-state index is 0.183. The maximum Gasteiger partial charge on any atom is 0.147 e. The molecule has 1 heterocycles. The first kappa shape index (κ1) is 13.3. The molecule has 0 spiro atoms. The van der Waals surface area contributed by atoms with E-state index < -0.39 is 9.84 Å². The number of hydrogen-bond acceptors (Lipinski definition) is 4. The van der Waals surface area contributed by atoms with Gasteiger partial charge in [-0.3, -0.25) is 0 Å². The molecule has 4 nitrogen and oxygen atoms in total. The molecule has 0 aliphatic rings. The average molecular weight is 245 g/mol. The molecule has 2 N–H and O–H groups in total. The van der Waals surface area contributed by atoms with Crippen molar-refractivity contribution in [1.29, 1.82) is 0 Å². The lowest BCUT2D eigenvalue weighted by Crippen LogP contribution is -2.12. The van der Waals surface area contributed by atoms with Crippen LogP contribution in [0.2, 0.25) is 0 Å². The third-order valence-electron chi connectivity index (χ3n) is 2.43. The Morgan fingerprint density at radius 3 is 2.62 bits per heavy atom. The molecule has 0 saturated carbocycles. The summed E-state index contributed by atoms with van der Waals surface area (Å²) in [5.74, 6) is 1.83. The van der Waals surface area contributed by atoms with Crippen molar-refractivity contribution in [3.8, 4) is 0 Å². The van der Waals surface area contributed by atoms with Crippen molar-refractivity contribution in [2.45, 2.75) is 32.2 Å². The van der Waals surface area contributed by atoms with E-state index in [9.17, 15) is 8.42 Å². The van der Waals surface area contributed by atoms with Gasteiger partial charge in [0.25, 0.3) is 0 Å². The third-order valence-corrected chi connectivity index (χ3v) is 3.46. The van der Waals surface area contributed by atoms with Gasteiger partial charge in [0.2, 0.25) is 0 Å². The largest absolute Gasteiger partial charge is 0.464 e. The van der Waals surface area contributed by atoms with Crippen LogP contribution in [0, 0.1) is 0 Å². The van der Waals surface area contributed by atoms with Crippen LogP contribution in [-0.4, -0.2) is 20.4 Å². The number of rotatable bonds is 6. The molecule has 0 saturated heterocycles. The SMILES string of the molecule is CCc1ccc(C(N)CCCS(C)(=O)=O)o1. The van der Waals surface area contributed by atoms with Gasteiger partial charge < -0.3 is 10.2 Å². The molecule has 92 valence electrons. The summed E-state index contributed by atoms with van der Waals surface area (Å²) < 4.78 is 27.4. The summed E-state index contributed by atoms with van der Waals surface area (Å²) in [4.78, 5) is 0. The van der Waals surface area contributed by atoms with Crippen molar-refractivity contribution in [1.82, 2.24) is 0 Å². The van der Waals surface area contributed by atoms with Crippen molar-refractivity contribution in [2.75, 3.05) is 12.0 Å². The Kier molecular flexibility index (Phi) is 4.56. The third kappa shape index (κ3) is 4.37. The van der Waals surface area contributed by atoms with Gasteiger partial charge in [0, 0.05) is 18.4 Å². The molecule has 5 heteroatoms. The van der Waals surface area contributed by atoms with E-state index >= 15 is 0 Å². The monoisotopic (exact) mass is 245 g/mol. The minimum Gasteiger partial charge on any atom is -0.464 e. The lowest BCUT2D eigenvalue weighted by molar-refractivity contribution is 0.423. The first-order valence-corrected chi connectivity index (χ1v) is 7.50. The Balaban J connectivity index is 2.43. The van der Waals surface area contributed by atoms with Gasteiger partial charge in [-0.25, -0.2) is 8.42 Å². The predicted molar refractivity (Wildman–Crippen MR) is 64.0 cm³/mol. The number of hydrogen-bond donors (Lipinski definition) is 1. The second kappa shape index (κ2) is 5.50. The summed E-state index contributed by atoms with van der Waals surface area (Å²) in [6, 6.07) is 3.57. The summed E-state index contributed by atoms with van der Waals surface area (Å²) in [5.41, 5.74) is 5.90. The fourth-order valence-electron chi connectivity index (χ4n) is 1.49. The number of sulfone groups is 1. The van der Waals surface area contributed by atoms with E-state index in [1.807, 2.05) is 19.1 Å². The number of furan rings is 1. The Labute approximate surface area is 96.7 Å². The molecule has 1 unspecified atom stereocenters. The predicted octanol–water partition coefficient (Wildman–Crippen LogP) is 1.67. The first-order chi connectivity index (χ1) is 7.42. The number of nitrogens with two attached hydrogens (primary N) is 1. The second-order valence-electron chi connectivity index (χ2n) is 4.04. The standard InChI is InChI=1S/C11H19NO3S/c1-3-9-6-7-11(15-9)10(12)5-4-8-16(2,13)14/h6-7,10H,3-5,8,12H2,1-2H3. The smallest absolute Gasteiger partial charge is 0.147 e. The van der Waals surface area contributed by atoms with Crippen LogP contribution in [0.15, 0.2) is 16.5 Å². The van der Waals surface area contributed by atoms with Gasteiger partial charge in [-0.15, -0.1) is 0 Å². The lowest BCUT2D eigenvalue weighted by Gasteiger charge is -2.07. The normalized spacial score (nSPS) is 13.9. The summed E-state index contributed by atoms with van der Waals surface area (Å²) in [7, 11) is -2.89. The molecule has 0 radical (unpaired) electrons. The molecule has 0 bridgehead atoms. The molecule has 1 atom stereocenters. The molecular weight excluding hydrogens is 226 g/mol. The van der Waals surface area contributed by atoms with Gasteiger partial charge in [0.05, 0.1) is 6.04 Å². The Hall–Kier alpha value is -0.810. The van der Waals surface area contributed by atoms with E-state index in [0.29, 0.717) is 12.8 Å². The molecule has 1 rings (SSSR count). The topological polar surface area (TPSA) is 73.3 Å². The highest BCUT2D eigenvalue weighted by atomic mass is 32.2. The van der Waals surface area contributed by atoms with Crippen LogP contribution in [0.25, 0.3) is 0 Å². The molecule has 0 aromatic carbocycles.